The molecule has 0 aliphatic rings. The van der Waals surface area contributed by atoms with E-state index in [0.29, 0.717) is 5.56 Å². The first-order valence-corrected chi connectivity index (χ1v) is 4.17. The third kappa shape index (κ3) is 1.86. The molecule has 13 heavy (non-hydrogen) atoms. The molecule has 1 aromatic heterocycles. The smallest absolute Gasteiger partial charge is 0.183 e. The van der Waals surface area contributed by atoms with E-state index >= 15 is 0 Å². The summed E-state index contributed by atoms with van der Waals surface area (Å²) in [5.74, 6) is 0. The molecule has 0 saturated carbocycles. The van der Waals surface area contributed by atoms with Gasteiger partial charge in [-0.05, 0) is 32.1 Å². The molecule has 0 amide bonds. The largest absolute Gasteiger partial charge is 0.375 e. The zero-order valence-corrected chi connectivity index (χ0v) is 8.31. The summed E-state index contributed by atoms with van der Waals surface area (Å²) >= 11 is 4.70. The zero-order valence-electron chi connectivity index (χ0n) is 7.50. The first kappa shape index (κ1) is 9.73. The van der Waals surface area contributed by atoms with Gasteiger partial charge in [-0.3, -0.25) is 14.9 Å². The van der Waals surface area contributed by atoms with Gasteiger partial charge in [0.15, 0.2) is 11.4 Å². The summed E-state index contributed by atoms with van der Waals surface area (Å²) in [7, 11) is 0. The monoisotopic (exact) mass is 197 g/mol. The molecule has 0 fully saturated rings. The van der Waals surface area contributed by atoms with Crippen LogP contribution in [0.5, 0.6) is 0 Å². The summed E-state index contributed by atoms with van der Waals surface area (Å²) < 4.78 is 1.69. The topological polar surface area (TPSA) is 60.0 Å². The van der Waals surface area contributed by atoms with Gasteiger partial charge in [-0.2, -0.15) is 0 Å². The lowest BCUT2D eigenvalue weighted by atomic mass is 10.3. The summed E-state index contributed by atoms with van der Waals surface area (Å²) in [5.41, 5.74) is 10.4. The normalized spacial score (nSPS) is 9.69. The lowest BCUT2D eigenvalue weighted by molar-refractivity contribution is 0.112. The van der Waals surface area contributed by atoms with Crippen molar-refractivity contribution in [2.75, 3.05) is 5.43 Å². The Kier molecular flexibility index (Phi) is 2.67. The van der Waals surface area contributed by atoms with Crippen molar-refractivity contribution in [1.82, 2.24) is 4.68 Å². The first-order chi connectivity index (χ1) is 6.06. The number of carbonyl (C=O) groups excluding carboxylic acids is 1. The molecule has 1 rings (SSSR count). The summed E-state index contributed by atoms with van der Waals surface area (Å²) in [5, 5.41) is 0.180. The average Bonchev–Trinajstić information content (AvgIpc) is 2.31. The highest BCUT2D eigenvalue weighted by Gasteiger charge is 2.07. The molecule has 0 aromatic carbocycles. The third-order valence-electron chi connectivity index (χ3n) is 1.82. The molecule has 0 aliphatic heterocycles. The van der Waals surface area contributed by atoms with Crippen LogP contribution in [0.15, 0.2) is 6.07 Å². The molecular weight excluding hydrogens is 186 g/mol. The molecule has 4 nitrogen and oxygen atoms in total. The van der Waals surface area contributed by atoms with Crippen LogP contribution in [-0.4, -0.2) is 16.1 Å². The van der Waals surface area contributed by atoms with Crippen LogP contribution in [0.3, 0.4) is 0 Å². The number of aromatic nitrogens is 1. The summed E-state index contributed by atoms with van der Waals surface area (Å²) in [6.45, 7) is 3.69. The minimum absolute atomic E-state index is 0.180. The van der Waals surface area contributed by atoms with Crippen molar-refractivity contribution < 1.29 is 4.79 Å². The number of carbonyl (C=O) groups is 1. The van der Waals surface area contributed by atoms with Crippen molar-refractivity contribution in [2.24, 2.45) is 5.73 Å². The Morgan fingerprint density at radius 3 is 2.69 bits per heavy atom. The quantitative estimate of drug-likeness (QED) is 0.541. The van der Waals surface area contributed by atoms with Gasteiger partial charge in [0.05, 0.1) is 0 Å². The van der Waals surface area contributed by atoms with Crippen LogP contribution in [-0.2, 0) is 0 Å². The molecule has 0 radical (unpaired) electrons. The van der Waals surface area contributed by atoms with Gasteiger partial charge >= 0.3 is 0 Å². The molecule has 0 bridgehead atoms. The van der Waals surface area contributed by atoms with Crippen LogP contribution in [0.2, 0.25) is 0 Å². The molecular formula is C8H11N3OS. The number of thiocarbonyl (C=S) groups is 1. The SMILES string of the molecule is Cc1cc(C=O)c(C)n1NC(N)=S. The molecule has 0 spiro atoms. The van der Waals surface area contributed by atoms with Crippen LogP contribution in [0.1, 0.15) is 21.7 Å². The minimum atomic E-state index is 0.180. The number of rotatable bonds is 2. The number of nitrogens with zero attached hydrogens (tertiary/aromatic N) is 1. The van der Waals surface area contributed by atoms with Crippen molar-refractivity contribution in [3.63, 3.8) is 0 Å². The van der Waals surface area contributed by atoms with Gasteiger partial charge in [-0.1, -0.05) is 0 Å². The lowest BCUT2D eigenvalue weighted by Gasteiger charge is -2.09. The van der Waals surface area contributed by atoms with Crippen molar-refractivity contribution in [2.45, 2.75) is 13.8 Å². The molecule has 70 valence electrons. The summed E-state index contributed by atoms with van der Waals surface area (Å²) in [6.07, 6.45) is 0.806. The number of hydrogen-bond donors (Lipinski definition) is 2. The minimum Gasteiger partial charge on any atom is -0.375 e. The highest BCUT2D eigenvalue weighted by Crippen LogP contribution is 2.10. The fraction of sp³-hybridized carbons (Fsp3) is 0.250. The average molecular weight is 197 g/mol. The molecule has 3 N–H and O–H groups in total. The van der Waals surface area contributed by atoms with E-state index in [4.69, 9.17) is 18.0 Å². The Hall–Kier alpha value is -1.36. The zero-order chi connectivity index (χ0) is 10.0. The van der Waals surface area contributed by atoms with Crippen LogP contribution in [0.4, 0.5) is 0 Å². The predicted molar refractivity (Wildman–Crippen MR) is 55.4 cm³/mol. The summed E-state index contributed by atoms with van der Waals surface area (Å²) in [4.78, 5) is 10.6. The van der Waals surface area contributed by atoms with Crippen molar-refractivity contribution >= 4 is 23.6 Å². The standard InChI is InChI=1S/C8H11N3OS/c1-5-3-7(4-12)6(2)11(5)10-8(9)13/h3-4H,1-2H3,(H3,9,10,13). The predicted octanol–water partition coefficient (Wildman–Crippen LogP) is 0.705. The number of aryl methyl sites for hydroxylation is 1. The maximum atomic E-state index is 10.6. The Morgan fingerprint density at radius 1 is 1.69 bits per heavy atom. The van der Waals surface area contributed by atoms with E-state index in [1.54, 1.807) is 10.7 Å². The highest BCUT2D eigenvalue weighted by atomic mass is 32.1. The second kappa shape index (κ2) is 3.57. The van der Waals surface area contributed by atoms with Crippen molar-refractivity contribution in [3.05, 3.63) is 23.0 Å². The van der Waals surface area contributed by atoms with E-state index in [2.05, 4.69) is 5.43 Å². The van der Waals surface area contributed by atoms with Gasteiger partial charge in [0, 0.05) is 17.0 Å². The second-order valence-corrected chi connectivity index (χ2v) is 3.20. The highest BCUT2D eigenvalue weighted by molar-refractivity contribution is 7.80. The second-order valence-electron chi connectivity index (χ2n) is 2.76. The van der Waals surface area contributed by atoms with Crippen molar-refractivity contribution in [1.29, 1.82) is 0 Å². The molecule has 1 aromatic rings. The number of nitrogens with one attached hydrogen (secondary N) is 1. The van der Waals surface area contributed by atoms with E-state index in [0.717, 1.165) is 17.7 Å². The van der Waals surface area contributed by atoms with Crippen LogP contribution >= 0.6 is 12.2 Å². The fourth-order valence-corrected chi connectivity index (χ4v) is 1.28. The lowest BCUT2D eigenvalue weighted by Crippen LogP contribution is -2.29. The maximum Gasteiger partial charge on any atom is 0.183 e. The van der Waals surface area contributed by atoms with Crippen LogP contribution in [0.25, 0.3) is 0 Å². The van der Waals surface area contributed by atoms with E-state index in [1.807, 2.05) is 13.8 Å². The Balaban J connectivity index is 3.12. The maximum absolute atomic E-state index is 10.6. The first-order valence-electron chi connectivity index (χ1n) is 3.77. The van der Waals surface area contributed by atoms with Crippen LogP contribution < -0.4 is 11.2 Å². The van der Waals surface area contributed by atoms with Crippen molar-refractivity contribution in [3.8, 4) is 0 Å². The third-order valence-corrected chi connectivity index (χ3v) is 1.91. The van der Waals surface area contributed by atoms with Gasteiger partial charge < -0.3 is 5.73 Å². The number of hydrogen-bond acceptors (Lipinski definition) is 2. The van der Waals surface area contributed by atoms with Gasteiger partial charge in [-0.25, -0.2) is 0 Å². The Labute approximate surface area is 81.7 Å². The molecule has 5 heteroatoms. The van der Waals surface area contributed by atoms with E-state index in [1.165, 1.54) is 0 Å². The Bertz CT molecular complexity index is 357. The van der Waals surface area contributed by atoms with Gasteiger partial charge in [0.2, 0.25) is 0 Å². The molecule has 0 aliphatic carbocycles. The van der Waals surface area contributed by atoms with Gasteiger partial charge in [-0.15, -0.1) is 0 Å². The van der Waals surface area contributed by atoms with Crippen LogP contribution in [0, 0.1) is 13.8 Å². The van der Waals surface area contributed by atoms with E-state index in [-0.39, 0.29) is 5.11 Å². The number of nitrogens with two attached hydrogens (primary N) is 1. The fourth-order valence-electron chi connectivity index (χ4n) is 1.19. The van der Waals surface area contributed by atoms with E-state index in [9.17, 15) is 4.79 Å². The Morgan fingerprint density at radius 2 is 2.31 bits per heavy atom. The molecule has 1 heterocycles. The van der Waals surface area contributed by atoms with Gasteiger partial charge in [0.25, 0.3) is 0 Å². The number of aldehydes is 1. The summed E-state index contributed by atoms with van der Waals surface area (Å²) in [6, 6.07) is 1.77. The molecule has 0 saturated heterocycles. The van der Waals surface area contributed by atoms with Gasteiger partial charge in [0.1, 0.15) is 0 Å². The molecule has 0 unspecified atom stereocenters. The van der Waals surface area contributed by atoms with E-state index < -0.39 is 0 Å². The molecule has 0 atom stereocenters.